The van der Waals surface area contributed by atoms with Crippen LogP contribution in [-0.2, 0) is 14.3 Å². The van der Waals surface area contributed by atoms with Crippen LogP contribution in [-0.4, -0.2) is 62.5 Å². The van der Waals surface area contributed by atoms with Crippen LogP contribution in [0.1, 0.15) is 32.6 Å². The lowest BCUT2D eigenvalue weighted by molar-refractivity contribution is -0.138. The number of carbonyl (C=O) groups is 1. The number of rotatable bonds is 10. The topological polar surface area (TPSA) is 59.0 Å². The Hall–Kier alpha value is -0.650. The van der Waals surface area contributed by atoms with Gasteiger partial charge in [0.05, 0.1) is 6.61 Å². The van der Waals surface area contributed by atoms with Crippen LogP contribution < -0.4 is 0 Å². The van der Waals surface area contributed by atoms with Crippen LogP contribution in [0, 0.1) is 11.8 Å². The van der Waals surface area contributed by atoms with E-state index < -0.39 is 5.97 Å². The van der Waals surface area contributed by atoms with Gasteiger partial charge in [0.2, 0.25) is 0 Å². The highest BCUT2D eigenvalue weighted by Crippen LogP contribution is 2.25. The molecule has 20 heavy (non-hydrogen) atoms. The van der Waals surface area contributed by atoms with Gasteiger partial charge >= 0.3 is 5.97 Å². The summed E-state index contributed by atoms with van der Waals surface area (Å²) in [5.74, 6) is 0.0855. The number of hydrogen-bond donors (Lipinski definition) is 1. The van der Waals surface area contributed by atoms with Gasteiger partial charge in [-0.3, -0.25) is 4.79 Å². The van der Waals surface area contributed by atoms with Crippen molar-refractivity contribution in [3.8, 4) is 0 Å². The average molecular weight is 287 g/mol. The molecular formula is C15H29NO4. The van der Waals surface area contributed by atoms with Crippen LogP contribution in [0.3, 0.4) is 0 Å². The summed E-state index contributed by atoms with van der Waals surface area (Å²) in [4.78, 5) is 13.2. The van der Waals surface area contributed by atoms with Crippen molar-refractivity contribution < 1.29 is 19.4 Å². The number of carboxylic acids is 1. The smallest absolute Gasteiger partial charge is 0.303 e. The maximum atomic E-state index is 10.8. The maximum Gasteiger partial charge on any atom is 0.303 e. The number of piperidine rings is 1. The first-order valence-electron chi connectivity index (χ1n) is 7.64. The molecule has 0 spiro atoms. The molecule has 0 radical (unpaired) electrons. The van der Waals surface area contributed by atoms with E-state index in [9.17, 15) is 4.79 Å². The second-order valence-electron chi connectivity index (χ2n) is 5.74. The molecule has 0 aromatic rings. The molecule has 0 aromatic carbocycles. The zero-order valence-electron chi connectivity index (χ0n) is 12.8. The number of nitrogens with zero attached hydrogens (tertiary/aromatic N) is 1. The summed E-state index contributed by atoms with van der Waals surface area (Å²) >= 11 is 0. The molecule has 118 valence electrons. The third kappa shape index (κ3) is 7.22. The maximum absolute atomic E-state index is 10.8. The van der Waals surface area contributed by atoms with Gasteiger partial charge in [-0.15, -0.1) is 0 Å². The van der Waals surface area contributed by atoms with Crippen LogP contribution in [0.2, 0.25) is 0 Å². The molecule has 5 heteroatoms. The fourth-order valence-corrected chi connectivity index (χ4v) is 2.80. The summed E-state index contributed by atoms with van der Waals surface area (Å²) < 4.78 is 10.6. The molecular weight excluding hydrogens is 258 g/mol. The minimum Gasteiger partial charge on any atom is -0.481 e. The molecule has 1 N–H and O–H groups in total. The largest absolute Gasteiger partial charge is 0.481 e. The van der Waals surface area contributed by atoms with E-state index >= 15 is 0 Å². The molecule has 0 bridgehead atoms. The number of likely N-dealkylation sites (tertiary alicyclic amines) is 1. The Balaban J connectivity index is 2.15. The van der Waals surface area contributed by atoms with Crippen LogP contribution in [0.15, 0.2) is 0 Å². The summed E-state index contributed by atoms with van der Waals surface area (Å²) in [7, 11) is 1.70. The zero-order valence-corrected chi connectivity index (χ0v) is 12.8. The van der Waals surface area contributed by atoms with E-state index in [0.29, 0.717) is 5.92 Å². The Labute approximate surface area is 122 Å². The van der Waals surface area contributed by atoms with E-state index in [1.165, 1.54) is 0 Å². The monoisotopic (exact) mass is 287 g/mol. The summed E-state index contributed by atoms with van der Waals surface area (Å²) in [5.41, 5.74) is 0. The summed E-state index contributed by atoms with van der Waals surface area (Å²) in [5, 5.41) is 8.88. The Morgan fingerprint density at radius 1 is 1.40 bits per heavy atom. The lowest BCUT2D eigenvalue weighted by Gasteiger charge is -2.35. The highest BCUT2D eigenvalue weighted by Gasteiger charge is 2.25. The SMILES string of the molecule is COCCCOCCN1CCCC(C(C)CC(=O)O)C1. The van der Waals surface area contributed by atoms with Gasteiger partial charge in [-0.2, -0.15) is 0 Å². The molecule has 1 fully saturated rings. The first-order chi connectivity index (χ1) is 9.63. The summed E-state index contributed by atoms with van der Waals surface area (Å²) in [6.45, 7) is 7.38. The van der Waals surface area contributed by atoms with Gasteiger partial charge in [0, 0.05) is 39.8 Å². The number of aliphatic carboxylic acids is 1. The van der Waals surface area contributed by atoms with Crippen molar-refractivity contribution in [2.75, 3.05) is 46.6 Å². The van der Waals surface area contributed by atoms with E-state index in [4.69, 9.17) is 14.6 Å². The Morgan fingerprint density at radius 3 is 2.90 bits per heavy atom. The van der Waals surface area contributed by atoms with E-state index in [2.05, 4.69) is 11.8 Å². The number of methoxy groups -OCH3 is 1. The molecule has 0 amide bonds. The van der Waals surface area contributed by atoms with Gasteiger partial charge in [0.25, 0.3) is 0 Å². The second-order valence-corrected chi connectivity index (χ2v) is 5.74. The minimum absolute atomic E-state index is 0.262. The summed E-state index contributed by atoms with van der Waals surface area (Å²) in [6, 6.07) is 0. The van der Waals surface area contributed by atoms with Crippen molar-refractivity contribution in [1.82, 2.24) is 4.90 Å². The number of ether oxygens (including phenoxy) is 2. The molecule has 2 unspecified atom stereocenters. The highest BCUT2D eigenvalue weighted by molar-refractivity contribution is 5.66. The van der Waals surface area contributed by atoms with Crippen molar-refractivity contribution >= 4 is 5.97 Å². The molecule has 1 aliphatic rings. The fourth-order valence-electron chi connectivity index (χ4n) is 2.80. The molecule has 1 saturated heterocycles. The molecule has 5 nitrogen and oxygen atoms in total. The fraction of sp³-hybridized carbons (Fsp3) is 0.933. The van der Waals surface area contributed by atoms with Crippen molar-refractivity contribution in [1.29, 1.82) is 0 Å². The van der Waals surface area contributed by atoms with Crippen LogP contribution in [0.25, 0.3) is 0 Å². The Morgan fingerprint density at radius 2 is 2.20 bits per heavy atom. The van der Waals surface area contributed by atoms with Gasteiger partial charge in [-0.25, -0.2) is 0 Å². The predicted molar refractivity (Wildman–Crippen MR) is 77.9 cm³/mol. The van der Waals surface area contributed by atoms with Gasteiger partial charge in [-0.1, -0.05) is 6.92 Å². The van der Waals surface area contributed by atoms with Crippen LogP contribution in [0.4, 0.5) is 0 Å². The van der Waals surface area contributed by atoms with E-state index in [1.54, 1.807) is 7.11 Å². The van der Waals surface area contributed by atoms with Gasteiger partial charge in [0.15, 0.2) is 0 Å². The first kappa shape index (κ1) is 17.4. The zero-order chi connectivity index (χ0) is 14.8. The van der Waals surface area contributed by atoms with Gasteiger partial charge < -0.3 is 19.5 Å². The quantitative estimate of drug-likeness (QED) is 0.622. The molecule has 1 rings (SSSR count). The van der Waals surface area contributed by atoms with Crippen molar-refractivity contribution in [2.45, 2.75) is 32.6 Å². The number of carboxylic acid groups (broad SMARTS) is 1. The molecule has 2 atom stereocenters. The summed E-state index contributed by atoms with van der Waals surface area (Å²) in [6.07, 6.45) is 3.54. The third-order valence-corrected chi connectivity index (χ3v) is 4.03. The van der Waals surface area contributed by atoms with Crippen LogP contribution in [0.5, 0.6) is 0 Å². The lowest BCUT2D eigenvalue weighted by atomic mass is 9.85. The van der Waals surface area contributed by atoms with Crippen molar-refractivity contribution in [3.05, 3.63) is 0 Å². The van der Waals surface area contributed by atoms with Gasteiger partial charge in [0.1, 0.15) is 0 Å². The van der Waals surface area contributed by atoms with E-state index in [0.717, 1.165) is 58.7 Å². The van der Waals surface area contributed by atoms with E-state index in [1.807, 2.05) is 0 Å². The number of hydrogen-bond acceptors (Lipinski definition) is 4. The standard InChI is InChI=1S/C15H29NO4/c1-13(11-15(17)18)14-5-3-6-16(12-14)7-10-20-9-4-8-19-2/h13-14H,3-12H2,1-2H3,(H,17,18). The third-order valence-electron chi connectivity index (χ3n) is 4.03. The van der Waals surface area contributed by atoms with E-state index in [-0.39, 0.29) is 12.3 Å². The Kier molecular flexibility index (Phi) is 8.82. The second kappa shape index (κ2) is 10.1. The minimum atomic E-state index is -0.684. The molecule has 0 aliphatic carbocycles. The normalized spacial score (nSPS) is 21.8. The van der Waals surface area contributed by atoms with Crippen molar-refractivity contribution in [3.63, 3.8) is 0 Å². The highest BCUT2D eigenvalue weighted by atomic mass is 16.5. The molecule has 1 aliphatic heterocycles. The predicted octanol–water partition coefficient (Wildman–Crippen LogP) is 1.86. The average Bonchev–Trinajstić information content (AvgIpc) is 2.42. The lowest BCUT2D eigenvalue weighted by Crippen LogP contribution is -2.40. The molecule has 0 saturated carbocycles. The first-order valence-corrected chi connectivity index (χ1v) is 7.64. The molecule has 0 aromatic heterocycles. The van der Waals surface area contributed by atoms with Crippen LogP contribution >= 0.6 is 0 Å². The molecule has 1 heterocycles. The van der Waals surface area contributed by atoms with Crippen molar-refractivity contribution in [2.24, 2.45) is 11.8 Å². The van der Waals surface area contributed by atoms with Gasteiger partial charge in [-0.05, 0) is 37.6 Å². The Bertz CT molecular complexity index is 273.